The Balaban J connectivity index is 1.82. The summed E-state index contributed by atoms with van der Waals surface area (Å²) < 4.78 is 5.44. The van der Waals surface area contributed by atoms with Crippen molar-refractivity contribution in [1.29, 1.82) is 0 Å². The van der Waals surface area contributed by atoms with Crippen molar-refractivity contribution in [3.63, 3.8) is 0 Å². The summed E-state index contributed by atoms with van der Waals surface area (Å²) >= 11 is 0. The minimum Gasteiger partial charge on any atom is -0.445 e. The molecule has 2 rings (SSSR count). The van der Waals surface area contributed by atoms with Crippen molar-refractivity contribution in [1.82, 2.24) is 9.88 Å². The van der Waals surface area contributed by atoms with Gasteiger partial charge in [0.05, 0.1) is 12.7 Å². The summed E-state index contributed by atoms with van der Waals surface area (Å²) in [5, 5.41) is 9.02. The molecule has 0 aliphatic carbocycles. The molecule has 0 amide bonds. The molecule has 0 aromatic carbocycles. The van der Waals surface area contributed by atoms with E-state index >= 15 is 0 Å². The maximum atomic E-state index is 9.02. The number of aliphatic hydroxyl groups is 1. The normalized spacial score (nSPS) is 19.6. The van der Waals surface area contributed by atoms with Gasteiger partial charge in [0.25, 0.3) is 0 Å². The molecule has 1 aromatic rings. The molecule has 1 fully saturated rings. The number of nitrogens with zero attached hydrogens (tertiary/aromatic N) is 2. The summed E-state index contributed by atoms with van der Waals surface area (Å²) in [6.45, 7) is 5.10. The van der Waals surface area contributed by atoms with Gasteiger partial charge in [-0.15, -0.1) is 0 Å². The summed E-state index contributed by atoms with van der Waals surface area (Å²) in [7, 11) is 0. The number of oxazole rings is 1. The predicted octanol–water partition coefficient (Wildman–Crippen LogP) is 1.19. The molecule has 1 aliphatic rings. The Kier molecular flexibility index (Phi) is 3.38. The van der Waals surface area contributed by atoms with Crippen LogP contribution in [-0.4, -0.2) is 34.7 Å². The summed E-state index contributed by atoms with van der Waals surface area (Å²) in [6, 6.07) is 0. The Hall–Kier alpha value is -0.870. The molecule has 1 N–H and O–H groups in total. The molecular weight excluding hydrogens is 192 g/mol. The summed E-state index contributed by atoms with van der Waals surface area (Å²) in [5.74, 6) is 2.16. The highest BCUT2D eigenvalue weighted by atomic mass is 16.4. The fourth-order valence-corrected chi connectivity index (χ4v) is 1.99. The van der Waals surface area contributed by atoms with Gasteiger partial charge in [-0.25, -0.2) is 4.98 Å². The topological polar surface area (TPSA) is 49.5 Å². The summed E-state index contributed by atoms with van der Waals surface area (Å²) in [5.41, 5.74) is 0. The number of hydrogen-bond donors (Lipinski definition) is 1. The molecule has 4 nitrogen and oxygen atoms in total. The van der Waals surface area contributed by atoms with Crippen molar-refractivity contribution in [3.8, 4) is 0 Å². The first kappa shape index (κ1) is 10.6. The molecule has 1 aromatic heterocycles. The van der Waals surface area contributed by atoms with Crippen LogP contribution in [0.15, 0.2) is 10.6 Å². The van der Waals surface area contributed by atoms with Gasteiger partial charge in [0.2, 0.25) is 5.89 Å². The summed E-state index contributed by atoms with van der Waals surface area (Å²) in [6.07, 6.45) is 3.92. The molecule has 0 spiro atoms. The van der Waals surface area contributed by atoms with Crippen molar-refractivity contribution in [2.75, 3.05) is 19.7 Å². The first-order valence-corrected chi connectivity index (χ1v) is 5.52. The van der Waals surface area contributed by atoms with E-state index in [9.17, 15) is 0 Å². The molecule has 1 aliphatic heterocycles. The van der Waals surface area contributed by atoms with Crippen molar-refractivity contribution in [2.45, 2.75) is 26.3 Å². The Labute approximate surface area is 89.9 Å². The highest BCUT2D eigenvalue weighted by Crippen LogP contribution is 2.18. The van der Waals surface area contributed by atoms with Gasteiger partial charge in [-0.2, -0.15) is 0 Å². The standard InChI is InChI=1S/C11H18N2O2/c1-9-6-12-11(15-9)7-13-4-2-10(8-14)3-5-13/h6,10,14H,2-5,7-8H2,1H3. The van der Waals surface area contributed by atoms with E-state index in [4.69, 9.17) is 9.52 Å². The smallest absolute Gasteiger partial charge is 0.208 e. The largest absolute Gasteiger partial charge is 0.445 e. The fourth-order valence-electron chi connectivity index (χ4n) is 1.99. The predicted molar refractivity (Wildman–Crippen MR) is 56.3 cm³/mol. The zero-order valence-corrected chi connectivity index (χ0v) is 9.15. The maximum Gasteiger partial charge on any atom is 0.208 e. The Morgan fingerprint density at radius 1 is 1.53 bits per heavy atom. The molecule has 84 valence electrons. The Bertz CT molecular complexity index is 303. The highest BCUT2D eigenvalue weighted by Gasteiger charge is 2.19. The van der Waals surface area contributed by atoms with Crippen molar-refractivity contribution in [3.05, 3.63) is 17.8 Å². The number of hydrogen-bond acceptors (Lipinski definition) is 4. The fraction of sp³-hybridized carbons (Fsp3) is 0.727. The number of rotatable bonds is 3. The molecule has 2 heterocycles. The highest BCUT2D eigenvalue weighted by molar-refractivity contribution is 4.91. The second-order valence-electron chi connectivity index (χ2n) is 4.27. The van der Waals surface area contributed by atoms with Crippen molar-refractivity contribution < 1.29 is 9.52 Å². The second-order valence-corrected chi connectivity index (χ2v) is 4.27. The molecular formula is C11H18N2O2. The average molecular weight is 210 g/mol. The van der Waals surface area contributed by atoms with Crippen LogP contribution in [0.4, 0.5) is 0 Å². The lowest BCUT2D eigenvalue weighted by Gasteiger charge is -2.29. The minimum atomic E-state index is 0.325. The zero-order chi connectivity index (χ0) is 10.7. The van der Waals surface area contributed by atoms with Gasteiger partial charge >= 0.3 is 0 Å². The number of aryl methyl sites for hydroxylation is 1. The lowest BCUT2D eigenvalue weighted by Crippen LogP contribution is -2.34. The molecule has 0 radical (unpaired) electrons. The Morgan fingerprint density at radius 3 is 2.80 bits per heavy atom. The van der Waals surface area contributed by atoms with Crippen LogP contribution in [0, 0.1) is 12.8 Å². The van der Waals surface area contributed by atoms with E-state index in [1.807, 2.05) is 6.92 Å². The first-order chi connectivity index (χ1) is 7.28. The van der Waals surface area contributed by atoms with E-state index in [-0.39, 0.29) is 0 Å². The van der Waals surface area contributed by atoms with Crippen LogP contribution in [0.3, 0.4) is 0 Å². The van der Waals surface area contributed by atoms with Gasteiger partial charge in [0.1, 0.15) is 5.76 Å². The number of aliphatic hydroxyl groups excluding tert-OH is 1. The van der Waals surface area contributed by atoms with Crippen LogP contribution in [0.2, 0.25) is 0 Å². The van der Waals surface area contributed by atoms with Gasteiger partial charge in [0, 0.05) is 6.61 Å². The third-order valence-corrected chi connectivity index (χ3v) is 2.99. The number of piperidine rings is 1. The van der Waals surface area contributed by atoms with Crippen LogP contribution >= 0.6 is 0 Å². The van der Waals surface area contributed by atoms with E-state index < -0.39 is 0 Å². The van der Waals surface area contributed by atoms with Gasteiger partial charge in [-0.1, -0.05) is 0 Å². The molecule has 15 heavy (non-hydrogen) atoms. The Morgan fingerprint density at radius 2 is 2.27 bits per heavy atom. The third-order valence-electron chi connectivity index (χ3n) is 2.99. The van der Waals surface area contributed by atoms with Gasteiger partial charge in [-0.3, -0.25) is 4.90 Å². The van der Waals surface area contributed by atoms with Crippen LogP contribution < -0.4 is 0 Å². The van der Waals surface area contributed by atoms with Crippen molar-refractivity contribution >= 4 is 0 Å². The van der Waals surface area contributed by atoms with Crippen LogP contribution in [0.25, 0.3) is 0 Å². The SMILES string of the molecule is Cc1cnc(CN2CCC(CO)CC2)o1. The average Bonchev–Trinajstić information content (AvgIpc) is 2.65. The lowest BCUT2D eigenvalue weighted by atomic mass is 9.98. The van der Waals surface area contributed by atoms with E-state index in [0.717, 1.165) is 44.1 Å². The summed E-state index contributed by atoms with van der Waals surface area (Å²) in [4.78, 5) is 6.52. The van der Waals surface area contributed by atoms with Crippen LogP contribution in [0.1, 0.15) is 24.5 Å². The van der Waals surface area contributed by atoms with E-state index in [1.165, 1.54) is 0 Å². The molecule has 0 saturated carbocycles. The molecule has 0 bridgehead atoms. The van der Waals surface area contributed by atoms with Crippen molar-refractivity contribution in [2.24, 2.45) is 5.92 Å². The monoisotopic (exact) mass is 210 g/mol. The quantitative estimate of drug-likeness (QED) is 0.814. The number of aromatic nitrogens is 1. The first-order valence-electron chi connectivity index (χ1n) is 5.52. The molecule has 0 atom stereocenters. The second kappa shape index (κ2) is 4.77. The van der Waals surface area contributed by atoms with E-state index in [0.29, 0.717) is 12.5 Å². The lowest BCUT2D eigenvalue weighted by molar-refractivity contribution is 0.120. The van der Waals surface area contributed by atoms with Crippen LogP contribution in [0.5, 0.6) is 0 Å². The number of likely N-dealkylation sites (tertiary alicyclic amines) is 1. The zero-order valence-electron chi connectivity index (χ0n) is 9.15. The van der Waals surface area contributed by atoms with E-state index in [1.54, 1.807) is 6.20 Å². The minimum absolute atomic E-state index is 0.325. The third kappa shape index (κ3) is 2.79. The van der Waals surface area contributed by atoms with E-state index in [2.05, 4.69) is 9.88 Å². The van der Waals surface area contributed by atoms with Gasteiger partial charge < -0.3 is 9.52 Å². The van der Waals surface area contributed by atoms with Crippen LogP contribution in [-0.2, 0) is 6.54 Å². The molecule has 0 unspecified atom stereocenters. The van der Waals surface area contributed by atoms with Gasteiger partial charge in [0.15, 0.2) is 0 Å². The molecule has 1 saturated heterocycles. The maximum absolute atomic E-state index is 9.02. The molecule has 4 heteroatoms. The van der Waals surface area contributed by atoms with Gasteiger partial charge in [-0.05, 0) is 38.8 Å².